The van der Waals surface area contributed by atoms with Gasteiger partial charge in [0.05, 0.1) is 0 Å². The predicted octanol–water partition coefficient (Wildman–Crippen LogP) is 4.65. The molecule has 0 spiro atoms. The lowest BCUT2D eigenvalue weighted by Crippen LogP contribution is -2.34. The molecule has 0 saturated carbocycles. The first-order valence-corrected chi connectivity index (χ1v) is 8.70. The second-order valence-electron chi connectivity index (χ2n) is 6.53. The Morgan fingerprint density at radius 1 is 0.935 bits per heavy atom. The molecule has 0 radical (unpaired) electrons. The highest BCUT2D eigenvalue weighted by atomic mass is 19.4. The average molecular weight is 432 g/mol. The van der Waals surface area contributed by atoms with Gasteiger partial charge in [0.15, 0.2) is 0 Å². The third-order valence-electron chi connectivity index (χ3n) is 4.65. The largest absolute Gasteiger partial charge is 0.459 e. The topological polar surface area (TPSA) is 82.0 Å². The van der Waals surface area contributed by atoms with Gasteiger partial charge in [-0.1, -0.05) is 0 Å². The molecule has 0 aromatic carbocycles. The van der Waals surface area contributed by atoms with Crippen molar-refractivity contribution in [2.75, 3.05) is 0 Å². The highest BCUT2D eigenvalue weighted by Gasteiger charge is 2.60. The summed E-state index contributed by atoms with van der Waals surface area (Å²) in [6.45, 7) is 0. The van der Waals surface area contributed by atoms with Gasteiger partial charge in [-0.25, -0.2) is 9.97 Å². The number of hydrogen-bond donors (Lipinski definition) is 0. The van der Waals surface area contributed by atoms with Gasteiger partial charge in [0.25, 0.3) is 5.89 Å². The molecule has 0 aliphatic carbocycles. The van der Waals surface area contributed by atoms with E-state index in [2.05, 4.69) is 25.1 Å². The standard InChI is InChI=1S/C19H9F5N6O/c20-18(21,19(22,23)24)14-7-12(10-3-5-25-6-4-10)11-1-2-15-27-13(17-29-26-9-31-17)8-30(15)16(11)28-14/h1-9H. The summed E-state index contributed by atoms with van der Waals surface area (Å²) in [6, 6.07) is 6.88. The van der Waals surface area contributed by atoms with Crippen molar-refractivity contribution in [3.63, 3.8) is 0 Å². The first-order chi connectivity index (χ1) is 14.8. The van der Waals surface area contributed by atoms with E-state index in [0.717, 1.165) is 12.5 Å². The van der Waals surface area contributed by atoms with Crippen molar-refractivity contribution in [3.8, 4) is 22.7 Å². The zero-order valence-electron chi connectivity index (χ0n) is 15.2. The number of alkyl halides is 5. The lowest BCUT2D eigenvalue weighted by Gasteiger charge is -2.20. The molecule has 156 valence electrons. The van der Waals surface area contributed by atoms with Crippen LogP contribution >= 0.6 is 0 Å². The van der Waals surface area contributed by atoms with Crippen LogP contribution in [0.1, 0.15) is 5.69 Å². The van der Waals surface area contributed by atoms with Crippen LogP contribution in [0.2, 0.25) is 0 Å². The van der Waals surface area contributed by atoms with Crippen molar-refractivity contribution in [3.05, 3.63) is 61.0 Å². The van der Waals surface area contributed by atoms with E-state index in [-0.39, 0.29) is 28.4 Å². The molecular weight excluding hydrogens is 423 g/mol. The van der Waals surface area contributed by atoms with Gasteiger partial charge in [0.1, 0.15) is 22.7 Å². The molecule has 5 aromatic rings. The molecule has 0 unspecified atom stereocenters. The van der Waals surface area contributed by atoms with Gasteiger partial charge in [-0.05, 0) is 41.5 Å². The highest BCUT2D eigenvalue weighted by molar-refractivity contribution is 5.94. The fraction of sp³-hybridized carbons (Fsp3) is 0.105. The molecule has 5 aromatic heterocycles. The molecule has 0 aliphatic heterocycles. The smallest absolute Gasteiger partial charge is 0.422 e. The molecule has 0 amide bonds. The Hall–Kier alpha value is -3.96. The highest BCUT2D eigenvalue weighted by Crippen LogP contribution is 2.45. The summed E-state index contributed by atoms with van der Waals surface area (Å²) in [6.07, 6.45) is -0.538. The Labute approximate surface area is 169 Å². The predicted molar refractivity (Wildman–Crippen MR) is 97.0 cm³/mol. The molecule has 0 aliphatic rings. The van der Waals surface area contributed by atoms with Crippen LogP contribution in [0, 0.1) is 0 Å². The van der Waals surface area contributed by atoms with Gasteiger partial charge in [0, 0.05) is 24.0 Å². The van der Waals surface area contributed by atoms with E-state index in [1.807, 2.05) is 0 Å². The van der Waals surface area contributed by atoms with E-state index < -0.39 is 17.8 Å². The summed E-state index contributed by atoms with van der Waals surface area (Å²) in [7, 11) is 0. The van der Waals surface area contributed by atoms with E-state index in [4.69, 9.17) is 4.42 Å². The fourth-order valence-corrected chi connectivity index (χ4v) is 3.19. The maximum Gasteiger partial charge on any atom is 0.459 e. The van der Waals surface area contributed by atoms with Crippen LogP contribution in [-0.4, -0.2) is 35.7 Å². The minimum atomic E-state index is -5.82. The Morgan fingerprint density at radius 3 is 2.39 bits per heavy atom. The number of imidazole rings is 1. The Kier molecular flexibility index (Phi) is 4.00. The molecule has 5 heterocycles. The Morgan fingerprint density at radius 2 is 1.71 bits per heavy atom. The number of nitrogens with zero attached hydrogens (tertiary/aromatic N) is 6. The number of fused-ring (bicyclic) bond motifs is 3. The molecule has 0 N–H and O–H groups in total. The lowest BCUT2D eigenvalue weighted by atomic mass is 10.0. The SMILES string of the molecule is FC(F)(F)C(F)(F)c1cc(-c2ccncc2)c2ccc3nc(-c4nnco4)cn3c2n1. The first kappa shape index (κ1) is 19.0. The number of halogens is 5. The van der Waals surface area contributed by atoms with Gasteiger partial charge in [-0.15, -0.1) is 10.2 Å². The van der Waals surface area contributed by atoms with Crippen LogP contribution in [0.15, 0.2) is 59.7 Å². The molecule has 0 fully saturated rings. The van der Waals surface area contributed by atoms with Crippen LogP contribution in [0.25, 0.3) is 39.4 Å². The first-order valence-electron chi connectivity index (χ1n) is 8.70. The summed E-state index contributed by atoms with van der Waals surface area (Å²) in [5.41, 5.74) is -0.560. The van der Waals surface area contributed by atoms with Gasteiger partial charge < -0.3 is 4.42 Å². The molecular formula is C19H9F5N6O. The van der Waals surface area contributed by atoms with Crippen LogP contribution in [-0.2, 0) is 5.92 Å². The number of rotatable bonds is 3. The molecule has 31 heavy (non-hydrogen) atoms. The summed E-state index contributed by atoms with van der Waals surface area (Å²) in [4.78, 5) is 11.8. The van der Waals surface area contributed by atoms with Gasteiger partial charge in [-0.3, -0.25) is 9.38 Å². The van der Waals surface area contributed by atoms with Crippen molar-refractivity contribution in [2.24, 2.45) is 0 Å². The average Bonchev–Trinajstić information content (AvgIpc) is 3.42. The van der Waals surface area contributed by atoms with Gasteiger partial charge in [-0.2, -0.15) is 22.0 Å². The lowest BCUT2D eigenvalue weighted by molar-refractivity contribution is -0.290. The fourth-order valence-electron chi connectivity index (χ4n) is 3.19. The van der Waals surface area contributed by atoms with Crippen molar-refractivity contribution >= 4 is 16.7 Å². The van der Waals surface area contributed by atoms with Crippen molar-refractivity contribution in [2.45, 2.75) is 12.1 Å². The second kappa shape index (κ2) is 6.52. The third-order valence-corrected chi connectivity index (χ3v) is 4.65. The van der Waals surface area contributed by atoms with Crippen LogP contribution in [0.5, 0.6) is 0 Å². The van der Waals surface area contributed by atoms with E-state index >= 15 is 0 Å². The maximum absolute atomic E-state index is 14.3. The van der Waals surface area contributed by atoms with Crippen molar-refractivity contribution < 1.29 is 26.4 Å². The Bertz CT molecular complexity index is 1400. The monoisotopic (exact) mass is 432 g/mol. The summed E-state index contributed by atoms with van der Waals surface area (Å²) in [5, 5.41) is 7.62. The Balaban J connectivity index is 1.86. The van der Waals surface area contributed by atoms with E-state index in [0.29, 0.717) is 10.9 Å². The maximum atomic E-state index is 14.3. The summed E-state index contributed by atoms with van der Waals surface area (Å²) < 4.78 is 74.2. The molecule has 5 rings (SSSR count). The molecule has 0 bridgehead atoms. The van der Waals surface area contributed by atoms with E-state index in [9.17, 15) is 22.0 Å². The van der Waals surface area contributed by atoms with Crippen molar-refractivity contribution in [1.29, 1.82) is 0 Å². The number of pyridine rings is 3. The summed E-state index contributed by atoms with van der Waals surface area (Å²) in [5.74, 6) is -5.11. The third kappa shape index (κ3) is 2.98. The zero-order valence-corrected chi connectivity index (χ0v) is 15.2. The second-order valence-corrected chi connectivity index (χ2v) is 6.53. The molecule has 0 saturated heterocycles. The van der Waals surface area contributed by atoms with Crippen molar-refractivity contribution in [1.82, 2.24) is 29.5 Å². The van der Waals surface area contributed by atoms with E-state index in [1.165, 1.54) is 35.1 Å². The number of hydrogen-bond acceptors (Lipinski definition) is 6. The molecule has 0 atom stereocenters. The zero-order chi connectivity index (χ0) is 21.8. The van der Waals surface area contributed by atoms with Gasteiger partial charge >= 0.3 is 12.1 Å². The normalized spacial score (nSPS) is 12.7. The van der Waals surface area contributed by atoms with Crippen LogP contribution in [0.3, 0.4) is 0 Å². The van der Waals surface area contributed by atoms with Gasteiger partial charge in [0.2, 0.25) is 6.39 Å². The minimum Gasteiger partial charge on any atom is -0.422 e. The quantitative estimate of drug-likeness (QED) is 0.386. The molecule has 7 nitrogen and oxygen atoms in total. The van der Waals surface area contributed by atoms with Crippen LogP contribution in [0.4, 0.5) is 22.0 Å². The minimum absolute atomic E-state index is 0.0583. The molecule has 12 heteroatoms. The summed E-state index contributed by atoms with van der Waals surface area (Å²) >= 11 is 0. The number of aromatic nitrogens is 6. The van der Waals surface area contributed by atoms with Crippen LogP contribution < -0.4 is 0 Å². The van der Waals surface area contributed by atoms with E-state index in [1.54, 1.807) is 12.1 Å².